The van der Waals surface area contributed by atoms with Gasteiger partial charge in [-0.05, 0) is 43.2 Å². The van der Waals surface area contributed by atoms with Gasteiger partial charge in [-0.2, -0.15) is 0 Å². The summed E-state index contributed by atoms with van der Waals surface area (Å²) >= 11 is 0. The fourth-order valence-electron chi connectivity index (χ4n) is 3.42. The summed E-state index contributed by atoms with van der Waals surface area (Å²) in [5.41, 5.74) is 1.75. The molecular weight excluding hydrogens is 384 g/mol. The number of likely N-dealkylation sites (tertiary alicyclic amines) is 1. The Kier molecular flexibility index (Phi) is 6.90. The molecule has 0 aliphatic carbocycles. The number of nitrogens with zero attached hydrogens (tertiary/aromatic N) is 1. The maximum atomic E-state index is 12.8. The van der Waals surface area contributed by atoms with E-state index >= 15 is 0 Å². The van der Waals surface area contributed by atoms with Crippen LogP contribution < -0.4 is 20.7 Å². The maximum Gasteiger partial charge on any atom is 0.321 e. The molecular formula is C22H26N4O4. The van der Waals surface area contributed by atoms with Gasteiger partial charge in [-0.25, -0.2) is 4.79 Å². The molecule has 4 amide bonds. The summed E-state index contributed by atoms with van der Waals surface area (Å²) in [6.07, 6.45) is 1.45. The molecule has 3 rings (SSSR count). The molecule has 1 atom stereocenters. The van der Waals surface area contributed by atoms with Crippen molar-refractivity contribution in [2.24, 2.45) is 5.92 Å². The van der Waals surface area contributed by atoms with Gasteiger partial charge in [-0.1, -0.05) is 18.2 Å². The summed E-state index contributed by atoms with van der Waals surface area (Å²) in [5.74, 6) is -0.202. The number of nitrogens with one attached hydrogen (secondary N) is 3. The first-order chi connectivity index (χ1) is 14.5. The average molecular weight is 410 g/mol. The zero-order valence-corrected chi connectivity index (χ0v) is 17.1. The van der Waals surface area contributed by atoms with E-state index in [0.29, 0.717) is 36.6 Å². The van der Waals surface area contributed by atoms with Gasteiger partial charge in [0.2, 0.25) is 11.8 Å². The summed E-state index contributed by atoms with van der Waals surface area (Å²) in [7, 11) is 1.51. The summed E-state index contributed by atoms with van der Waals surface area (Å²) in [5, 5.41) is 8.43. The third-order valence-corrected chi connectivity index (χ3v) is 4.88. The molecule has 0 spiro atoms. The van der Waals surface area contributed by atoms with Gasteiger partial charge in [0, 0.05) is 31.4 Å². The van der Waals surface area contributed by atoms with Crippen molar-refractivity contribution in [2.75, 3.05) is 36.1 Å². The van der Waals surface area contributed by atoms with E-state index in [1.54, 1.807) is 23.1 Å². The summed E-state index contributed by atoms with van der Waals surface area (Å²) in [4.78, 5) is 38.4. The molecule has 0 radical (unpaired) electrons. The van der Waals surface area contributed by atoms with Crippen molar-refractivity contribution < 1.29 is 19.1 Å². The van der Waals surface area contributed by atoms with Crippen molar-refractivity contribution >= 4 is 34.9 Å². The van der Waals surface area contributed by atoms with Crippen LogP contribution in [0.4, 0.5) is 21.9 Å². The number of rotatable bonds is 5. The Bertz CT molecular complexity index is 917. The Labute approximate surface area is 175 Å². The van der Waals surface area contributed by atoms with Gasteiger partial charge < -0.3 is 25.6 Å². The predicted molar refractivity (Wildman–Crippen MR) is 116 cm³/mol. The molecule has 0 aromatic heterocycles. The molecule has 158 valence electrons. The molecule has 1 saturated heterocycles. The second kappa shape index (κ2) is 9.78. The second-order valence-electron chi connectivity index (χ2n) is 7.17. The fourth-order valence-corrected chi connectivity index (χ4v) is 3.42. The summed E-state index contributed by atoms with van der Waals surface area (Å²) < 4.78 is 5.23. The maximum absolute atomic E-state index is 12.8. The monoisotopic (exact) mass is 410 g/mol. The Morgan fingerprint density at radius 1 is 1.00 bits per heavy atom. The van der Waals surface area contributed by atoms with Crippen LogP contribution in [-0.2, 0) is 9.59 Å². The van der Waals surface area contributed by atoms with Crippen molar-refractivity contribution in [3.05, 3.63) is 48.5 Å². The van der Waals surface area contributed by atoms with E-state index in [9.17, 15) is 14.4 Å². The largest absolute Gasteiger partial charge is 0.495 e. The number of methoxy groups -OCH3 is 1. The van der Waals surface area contributed by atoms with Crippen LogP contribution >= 0.6 is 0 Å². The Balaban J connectivity index is 1.62. The van der Waals surface area contributed by atoms with Crippen molar-refractivity contribution in [3.63, 3.8) is 0 Å². The predicted octanol–water partition coefficient (Wildman–Crippen LogP) is 3.54. The van der Waals surface area contributed by atoms with E-state index in [2.05, 4.69) is 16.0 Å². The SMILES string of the molecule is COc1ccc(NC(=O)C2CCCN(C(=O)Nc3ccccc3)C2)cc1NC(C)=O. The van der Waals surface area contributed by atoms with Gasteiger partial charge in [0.1, 0.15) is 5.75 Å². The quantitative estimate of drug-likeness (QED) is 0.702. The molecule has 1 aliphatic heterocycles. The van der Waals surface area contributed by atoms with Crippen LogP contribution in [-0.4, -0.2) is 42.9 Å². The molecule has 1 fully saturated rings. The van der Waals surface area contributed by atoms with Gasteiger partial charge in [0.15, 0.2) is 0 Å². The average Bonchev–Trinajstić information content (AvgIpc) is 2.74. The number of hydrogen-bond acceptors (Lipinski definition) is 4. The smallest absolute Gasteiger partial charge is 0.321 e. The number of piperidine rings is 1. The number of anilines is 3. The van der Waals surface area contributed by atoms with Crippen LogP contribution in [0.1, 0.15) is 19.8 Å². The minimum atomic E-state index is -0.313. The van der Waals surface area contributed by atoms with Gasteiger partial charge in [0.25, 0.3) is 0 Å². The molecule has 30 heavy (non-hydrogen) atoms. The van der Waals surface area contributed by atoms with Gasteiger partial charge in [-0.3, -0.25) is 9.59 Å². The second-order valence-corrected chi connectivity index (χ2v) is 7.17. The zero-order chi connectivity index (χ0) is 21.5. The molecule has 0 bridgehead atoms. The highest BCUT2D eigenvalue weighted by Crippen LogP contribution is 2.28. The number of para-hydroxylation sites is 1. The number of ether oxygens (including phenoxy) is 1. The lowest BCUT2D eigenvalue weighted by Gasteiger charge is -2.32. The van der Waals surface area contributed by atoms with E-state index < -0.39 is 0 Å². The van der Waals surface area contributed by atoms with Crippen molar-refractivity contribution in [2.45, 2.75) is 19.8 Å². The van der Waals surface area contributed by atoms with Crippen LogP contribution in [0.3, 0.4) is 0 Å². The van der Waals surface area contributed by atoms with Crippen molar-refractivity contribution in [1.82, 2.24) is 4.90 Å². The standard InChI is InChI=1S/C22H26N4O4/c1-15(27)23-19-13-18(10-11-20(19)30-2)24-21(28)16-7-6-12-26(14-16)22(29)25-17-8-4-3-5-9-17/h3-5,8-11,13,16H,6-7,12,14H2,1-2H3,(H,23,27)(H,24,28)(H,25,29). The number of carbonyl (C=O) groups excluding carboxylic acids is 3. The zero-order valence-electron chi connectivity index (χ0n) is 17.1. The van der Waals surface area contributed by atoms with E-state index in [-0.39, 0.29) is 23.8 Å². The Morgan fingerprint density at radius 3 is 2.47 bits per heavy atom. The van der Waals surface area contributed by atoms with E-state index in [1.807, 2.05) is 30.3 Å². The van der Waals surface area contributed by atoms with Gasteiger partial charge in [0.05, 0.1) is 18.7 Å². The number of benzene rings is 2. The molecule has 8 heteroatoms. The molecule has 2 aromatic rings. The van der Waals surface area contributed by atoms with Crippen LogP contribution in [0.15, 0.2) is 48.5 Å². The van der Waals surface area contributed by atoms with E-state index in [4.69, 9.17) is 4.74 Å². The third kappa shape index (κ3) is 5.50. The topological polar surface area (TPSA) is 99.8 Å². The lowest BCUT2D eigenvalue weighted by molar-refractivity contribution is -0.121. The number of urea groups is 1. The molecule has 8 nitrogen and oxygen atoms in total. The third-order valence-electron chi connectivity index (χ3n) is 4.88. The fraction of sp³-hybridized carbons (Fsp3) is 0.318. The molecule has 2 aromatic carbocycles. The first kappa shape index (κ1) is 21.2. The van der Waals surface area contributed by atoms with Crippen LogP contribution in [0.2, 0.25) is 0 Å². The summed E-state index contributed by atoms with van der Waals surface area (Å²) in [6.45, 7) is 2.36. The summed E-state index contributed by atoms with van der Waals surface area (Å²) in [6, 6.07) is 14.1. The molecule has 1 heterocycles. The Hall–Kier alpha value is -3.55. The van der Waals surface area contributed by atoms with Crippen molar-refractivity contribution in [3.8, 4) is 5.75 Å². The first-order valence-electron chi connectivity index (χ1n) is 9.83. The minimum absolute atomic E-state index is 0.161. The van der Waals surface area contributed by atoms with Crippen LogP contribution in [0.5, 0.6) is 5.75 Å². The van der Waals surface area contributed by atoms with Gasteiger partial charge >= 0.3 is 6.03 Å². The van der Waals surface area contributed by atoms with Crippen LogP contribution in [0.25, 0.3) is 0 Å². The van der Waals surface area contributed by atoms with E-state index in [0.717, 1.165) is 12.1 Å². The molecule has 0 saturated carbocycles. The molecule has 1 unspecified atom stereocenters. The lowest BCUT2D eigenvalue weighted by Crippen LogP contribution is -2.45. The van der Waals surface area contributed by atoms with Crippen molar-refractivity contribution in [1.29, 1.82) is 0 Å². The normalized spacial score (nSPS) is 15.8. The highest BCUT2D eigenvalue weighted by molar-refractivity contribution is 5.96. The first-order valence-corrected chi connectivity index (χ1v) is 9.83. The highest BCUT2D eigenvalue weighted by atomic mass is 16.5. The molecule has 3 N–H and O–H groups in total. The Morgan fingerprint density at radius 2 is 1.77 bits per heavy atom. The number of hydrogen-bond donors (Lipinski definition) is 3. The number of amides is 4. The lowest BCUT2D eigenvalue weighted by atomic mass is 9.97. The van der Waals surface area contributed by atoms with E-state index in [1.165, 1.54) is 14.0 Å². The van der Waals surface area contributed by atoms with Crippen LogP contribution in [0, 0.1) is 5.92 Å². The minimum Gasteiger partial charge on any atom is -0.495 e. The van der Waals surface area contributed by atoms with Gasteiger partial charge in [-0.15, -0.1) is 0 Å². The molecule has 1 aliphatic rings. The highest BCUT2D eigenvalue weighted by Gasteiger charge is 2.28. The number of carbonyl (C=O) groups is 3.